The fourth-order valence-corrected chi connectivity index (χ4v) is 3.89. The molecule has 26 heavy (non-hydrogen) atoms. The molecule has 4 rings (SSSR count). The normalized spacial score (nSPS) is 16.0. The first-order valence-electron chi connectivity index (χ1n) is 8.45. The van der Waals surface area contributed by atoms with Gasteiger partial charge in [-0.1, -0.05) is 59.6 Å². The number of hydrogen-bond donors (Lipinski definition) is 1. The lowest BCUT2D eigenvalue weighted by atomic mass is 9.84. The third-order valence-electron chi connectivity index (χ3n) is 4.89. The number of rotatable bonds is 2. The molecule has 0 spiro atoms. The van der Waals surface area contributed by atoms with Crippen molar-refractivity contribution in [2.45, 2.75) is 12.5 Å². The number of benzene rings is 3. The van der Waals surface area contributed by atoms with Crippen molar-refractivity contribution >= 4 is 23.2 Å². The van der Waals surface area contributed by atoms with Crippen molar-refractivity contribution in [1.82, 2.24) is 5.32 Å². The molecule has 0 radical (unpaired) electrons. The summed E-state index contributed by atoms with van der Waals surface area (Å²) in [4.78, 5) is 0. The lowest BCUT2D eigenvalue weighted by molar-refractivity contribution is 0.591. The van der Waals surface area contributed by atoms with Crippen LogP contribution in [0.5, 0.6) is 0 Å². The summed E-state index contributed by atoms with van der Waals surface area (Å²) in [5, 5.41) is 14.0. The number of nitrogens with zero attached hydrogens (tertiary/aromatic N) is 1. The summed E-state index contributed by atoms with van der Waals surface area (Å²) in [6.07, 6.45) is 0. The zero-order valence-electron chi connectivity index (χ0n) is 14.0. The van der Waals surface area contributed by atoms with Gasteiger partial charge in [-0.25, -0.2) is 0 Å². The quantitative estimate of drug-likeness (QED) is 0.614. The van der Waals surface area contributed by atoms with Gasteiger partial charge in [-0.05, 0) is 52.1 Å². The third-order valence-corrected chi connectivity index (χ3v) is 5.63. The van der Waals surface area contributed by atoms with Crippen LogP contribution >= 0.6 is 23.2 Å². The van der Waals surface area contributed by atoms with E-state index in [4.69, 9.17) is 23.2 Å². The van der Waals surface area contributed by atoms with Crippen LogP contribution < -0.4 is 5.32 Å². The maximum atomic E-state index is 9.37. The Morgan fingerprint density at radius 3 is 2.62 bits per heavy atom. The zero-order chi connectivity index (χ0) is 18.1. The van der Waals surface area contributed by atoms with E-state index in [-0.39, 0.29) is 5.92 Å². The SMILES string of the molecule is N#Cc1ccccc1-c1ccc2c(c1)CNCC2c1ccc(Cl)c(Cl)c1. The molecular formula is C22H16Cl2N2. The summed E-state index contributed by atoms with van der Waals surface area (Å²) in [6.45, 7) is 1.68. The zero-order valence-corrected chi connectivity index (χ0v) is 15.5. The molecule has 3 aromatic rings. The highest BCUT2D eigenvalue weighted by Crippen LogP contribution is 2.35. The molecule has 2 nitrogen and oxygen atoms in total. The van der Waals surface area contributed by atoms with E-state index in [1.54, 1.807) is 0 Å². The highest BCUT2D eigenvalue weighted by molar-refractivity contribution is 6.42. The van der Waals surface area contributed by atoms with Crippen molar-refractivity contribution in [3.8, 4) is 17.2 Å². The van der Waals surface area contributed by atoms with Crippen molar-refractivity contribution in [3.05, 3.63) is 93.0 Å². The van der Waals surface area contributed by atoms with E-state index in [1.807, 2.05) is 42.5 Å². The summed E-state index contributed by atoms with van der Waals surface area (Å²) < 4.78 is 0. The molecule has 1 unspecified atom stereocenters. The topological polar surface area (TPSA) is 35.8 Å². The van der Waals surface area contributed by atoms with Gasteiger partial charge in [0, 0.05) is 19.0 Å². The maximum Gasteiger partial charge on any atom is 0.0998 e. The Balaban J connectivity index is 1.77. The smallest absolute Gasteiger partial charge is 0.0998 e. The van der Waals surface area contributed by atoms with Gasteiger partial charge in [0.05, 0.1) is 21.7 Å². The molecule has 0 saturated carbocycles. The van der Waals surface area contributed by atoms with Crippen molar-refractivity contribution in [2.24, 2.45) is 0 Å². The highest BCUT2D eigenvalue weighted by atomic mass is 35.5. The Kier molecular flexibility index (Phi) is 4.70. The maximum absolute atomic E-state index is 9.37. The number of halogens is 2. The molecule has 1 aliphatic heterocycles. The van der Waals surface area contributed by atoms with Crippen molar-refractivity contribution in [2.75, 3.05) is 6.54 Å². The number of nitrogens with one attached hydrogen (secondary N) is 1. The molecule has 0 amide bonds. The third kappa shape index (κ3) is 3.10. The molecule has 1 N–H and O–H groups in total. The molecule has 3 aromatic carbocycles. The average molecular weight is 379 g/mol. The predicted octanol–water partition coefficient (Wildman–Crippen LogP) is 5.77. The first-order valence-corrected chi connectivity index (χ1v) is 9.21. The van der Waals surface area contributed by atoms with Crippen LogP contribution in [0.2, 0.25) is 10.0 Å². The van der Waals surface area contributed by atoms with Gasteiger partial charge in [-0.2, -0.15) is 5.26 Å². The van der Waals surface area contributed by atoms with E-state index in [2.05, 4.69) is 29.6 Å². The Labute approximate surface area is 163 Å². The molecular weight excluding hydrogens is 363 g/mol. The molecule has 0 fully saturated rings. The van der Waals surface area contributed by atoms with Gasteiger partial charge in [0.25, 0.3) is 0 Å². The molecule has 0 aliphatic carbocycles. The Hall–Kier alpha value is -2.31. The largest absolute Gasteiger partial charge is 0.312 e. The van der Waals surface area contributed by atoms with Gasteiger partial charge in [0.2, 0.25) is 0 Å². The van der Waals surface area contributed by atoms with Crippen LogP contribution in [0.4, 0.5) is 0 Å². The summed E-state index contributed by atoms with van der Waals surface area (Å²) in [6, 6.07) is 22.3. The predicted molar refractivity (Wildman–Crippen MR) is 107 cm³/mol. The Bertz CT molecular complexity index is 1020. The standard InChI is InChI=1S/C22H16Cl2N2/c23-21-8-6-15(10-22(21)24)20-13-26-12-17-9-14(5-7-19(17)20)18-4-2-1-3-16(18)11-25/h1-10,20,26H,12-13H2. The monoisotopic (exact) mass is 378 g/mol. The number of hydrogen-bond acceptors (Lipinski definition) is 2. The molecule has 0 aromatic heterocycles. The summed E-state index contributed by atoms with van der Waals surface area (Å²) in [5.41, 5.74) is 6.42. The van der Waals surface area contributed by atoms with Gasteiger partial charge in [0.1, 0.15) is 0 Å². The Morgan fingerprint density at radius 1 is 0.962 bits per heavy atom. The molecule has 1 heterocycles. The minimum Gasteiger partial charge on any atom is -0.312 e. The second-order valence-corrected chi connectivity index (χ2v) is 7.24. The fraction of sp³-hybridized carbons (Fsp3) is 0.136. The van der Waals surface area contributed by atoms with E-state index in [0.717, 1.165) is 29.8 Å². The minimum atomic E-state index is 0.230. The molecule has 4 heteroatoms. The first kappa shape index (κ1) is 17.1. The van der Waals surface area contributed by atoms with Crippen molar-refractivity contribution < 1.29 is 0 Å². The minimum absolute atomic E-state index is 0.230. The summed E-state index contributed by atoms with van der Waals surface area (Å²) in [5.74, 6) is 0.230. The van der Waals surface area contributed by atoms with Crippen molar-refractivity contribution in [1.29, 1.82) is 5.26 Å². The molecule has 0 bridgehead atoms. The number of fused-ring (bicyclic) bond motifs is 1. The van der Waals surface area contributed by atoms with Gasteiger partial charge in [0.15, 0.2) is 0 Å². The second-order valence-electron chi connectivity index (χ2n) is 6.43. The van der Waals surface area contributed by atoms with Crippen molar-refractivity contribution in [3.63, 3.8) is 0 Å². The van der Waals surface area contributed by atoms with Crippen LogP contribution in [-0.4, -0.2) is 6.54 Å². The number of nitriles is 1. The average Bonchev–Trinajstić information content (AvgIpc) is 2.69. The molecule has 1 aliphatic rings. The van der Waals surface area contributed by atoms with E-state index >= 15 is 0 Å². The van der Waals surface area contributed by atoms with E-state index < -0.39 is 0 Å². The van der Waals surface area contributed by atoms with Crippen LogP contribution in [-0.2, 0) is 6.54 Å². The Morgan fingerprint density at radius 2 is 1.81 bits per heavy atom. The molecule has 0 saturated heterocycles. The fourth-order valence-electron chi connectivity index (χ4n) is 3.59. The van der Waals surface area contributed by atoms with Gasteiger partial charge in [-0.3, -0.25) is 0 Å². The lowest BCUT2D eigenvalue weighted by Gasteiger charge is -2.27. The highest BCUT2D eigenvalue weighted by Gasteiger charge is 2.22. The van der Waals surface area contributed by atoms with Gasteiger partial charge in [-0.15, -0.1) is 0 Å². The second kappa shape index (κ2) is 7.13. The molecule has 1 atom stereocenters. The van der Waals surface area contributed by atoms with Gasteiger partial charge >= 0.3 is 0 Å². The first-order chi connectivity index (χ1) is 12.7. The van der Waals surface area contributed by atoms with E-state index in [9.17, 15) is 5.26 Å². The van der Waals surface area contributed by atoms with Crippen LogP contribution in [0.3, 0.4) is 0 Å². The molecule has 128 valence electrons. The summed E-state index contributed by atoms with van der Waals surface area (Å²) in [7, 11) is 0. The van der Waals surface area contributed by atoms with E-state index in [0.29, 0.717) is 15.6 Å². The van der Waals surface area contributed by atoms with Crippen LogP contribution in [0.15, 0.2) is 60.7 Å². The lowest BCUT2D eigenvalue weighted by Crippen LogP contribution is -2.28. The van der Waals surface area contributed by atoms with Crippen LogP contribution in [0, 0.1) is 11.3 Å². The van der Waals surface area contributed by atoms with Crippen LogP contribution in [0.1, 0.15) is 28.2 Å². The summed E-state index contributed by atoms with van der Waals surface area (Å²) >= 11 is 12.3. The van der Waals surface area contributed by atoms with Crippen LogP contribution in [0.25, 0.3) is 11.1 Å². The van der Waals surface area contributed by atoms with E-state index in [1.165, 1.54) is 11.1 Å². The van der Waals surface area contributed by atoms with Gasteiger partial charge < -0.3 is 5.32 Å².